The Labute approximate surface area is 164 Å². The predicted molar refractivity (Wildman–Crippen MR) is 100.0 cm³/mol. The summed E-state index contributed by atoms with van der Waals surface area (Å²) in [5, 5.41) is 9.85. The smallest absolute Gasteiger partial charge is 0.269 e. The summed E-state index contributed by atoms with van der Waals surface area (Å²) in [6, 6.07) is -0.120. The quantitative estimate of drug-likeness (QED) is 0.805. The first-order valence-corrected chi connectivity index (χ1v) is 10.5. The number of amides is 1. The minimum atomic E-state index is -2.82. The Morgan fingerprint density at radius 2 is 2.21 bits per heavy atom. The van der Waals surface area contributed by atoms with Crippen LogP contribution in [0.4, 0.5) is 14.5 Å². The van der Waals surface area contributed by atoms with Gasteiger partial charge in [0.25, 0.3) is 11.8 Å². The SMILES string of the molecule is O=C1N[C@@H]([C@@H]2C[C@H]3C[C@@H]2CO3)CN2CC(F)(F)Cc3c(-c4cn[nH]c4)sc1c32. The molecule has 5 heterocycles. The first-order chi connectivity index (χ1) is 13.5. The molecule has 1 saturated carbocycles. The predicted octanol–water partition coefficient (Wildman–Crippen LogP) is 2.67. The van der Waals surface area contributed by atoms with Gasteiger partial charge in [-0.2, -0.15) is 5.10 Å². The maximum atomic E-state index is 14.7. The monoisotopic (exact) mass is 406 g/mol. The topological polar surface area (TPSA) is 70.2 Å². The number of carbonyl (C=O) groups excluding carboxylic acids is 1. The molecule has 4 aliphatic rings. The average Bonchev–Trinajstić information content (AvgIpc) is 3.41. The van der Waals surface area contributed by atoms with Gasteiger partial charge in [-0.1, -0.05) is 0 Å². The Kier molecular flexibility index (Phi) is 3.48. The van der Waals surface area contributed by atoms with Crippen LogP contribution >= 0.6 is 11.3 Å². The molecule has 2 aromatic rings. The van der Waals surface area contributed by atoms with Gasteiger partial charge in [0.2, 0.25) is 0 Å². The van der Waals surface area contributed by atoms with Crippen molar-refractivity contribution in [3.05, 3.63) is 22.8 Å². The minimum Gasteiger partial charge on any atom is -0.378 e. The van der Waals surface area contributed by atoms with Crippen LogP contribution in [-0.4, -0.2) is 53.9 Å². The van der Waals surface area contributed by atoms with Crippen LogP contribution in [0.1, 0.15) is 28.1 Å². The molecule has 28 heavy (non-hydrogen) atoms. The Morgan fingerprint density at radius 1 is 1.32 bits per heavy atom. The van der Waals surface area contributed by atoms with Crippen LogP contribution in [0.5, 0.6) is 0 Å². The summed E-state index contributed by atoms with van der Waals surface area (Å²) < 4.78 is 35.0. The number of ether oxygens (including phenoxy) is 1. The lowest BCUT2D eigenvalue weighted by molar-refractivity contribution is 0.00414. The van der Waals surface area contributed by atoms with Gasteiger partial charge in [0.15, 0.2) is 0 Å². The molecule has 3 aliphatic heterocycles. The van der Waals surface area contributed by atoms with Crippen LogP contribution in [0.25, 0.3) is 10.4 Å². The van der Waals surface area contributed by atoms with Crippen molar-refractivity contribution in [1.29, 1.82) is 0 Å². The molecule has 148 valence electrons. The highest BCUT2D eigenvalue weighted by Gasteiger charge is 2.49. The largest absolute Gasteiger partial charge is 0.378 e. The molecule has 2 aromatic heterocycles. The molecule has 2 bridgehead atoms. The number of fused-ring (bicyclic) bond motifs is 2. The molecular weight excluding hydrogens is 386 g/mol. The second kappa shape index (κ2) is 5.76. The van der Waals surface area contributed by atoms with Crippen LogP contribution < -0.4 is 10.2 Å². The van der Waals surface area contributed by atoms with E-state index in [1.54, 1.807) is 17.3 Å². The van der Waals surface area contributed by atoms with Gasteiger partial charge in [-0.25, -0.2) is 8.78 Å². The standard InChI is InChI=1S/C19H20F2N4O2S/c20-19(21)3-13-15-17(28-16(13)10-4-22-23-5-10)18(26)24-14(6-25(15)8-19)12-2-11-1-9(12)7-27-11/h4-5,9,11-12,14H,1-3,6-8H2,(H,22,23)(H,24,26)/t9-,11-,12-,14-/m1/s1. The molecule has 6 nitrogen and oxygen atoms in total. The lowest BCUT2D eigenvalue weighted by atomic mass is 9.88. The fourth-order valence-electron chi connectivity index (χ4n) is 5.49. The number of rotatable bonds is 2. The number of halogens is 2. The summed E-state index contributed by atoms with van der Waals surface area (Å²) in [4.78, 5) is 16.1. The third kappa shape index (κ3) is 2.45. The summed E-state index contributed by atoms with van der Waals surface area (Å²) in [5.74, 6) is -2.25. The van der Waals surface area contributed by atoms with Gasteiger partial charge in [-0.15, -0.1) is 11.3 Å². The molecule has 2 fully saturated rings. The second-order valence-electron chi connectivity index (χ2n) is 8.42. The molecule has 1 saturated heterocycles. The fourth-order valence-corrected chi connectivity index (χ4v) is 6.72. The number of nitrogens with one attached hydrogen (secondary N) is 2. The van der Waals surface area contributed by atoms with E-state index in [1.165, 1.54) is 11.3 Å². The lowest BCUT2D eigenvalue weighted by Gasteiger charge is -2.38. The molecule has 0 aromatic carbocycles. The van der Waals surface area contributed by atoms with Crippen LogP contribution in [-0.2, 0) is 11.2 Å². The van der Waals surface area contributed by atoms with Crippen LogP contribution in [0.3, 0.4) is 0 Å². The number of anilines is 1. The van der Waals surface area contributed by atoms with Crippen LogP contribution in [0, 0.1) is 11.8 Å². The zero-order valence-electron chi connectivity index (χ0n) is 15.1. The van der Waals surface area contributed by atoms with E-state index < -0.39 is 5.92 Å². The first kappa shape index (κ1) is 16.9. The van der Waals surface area contributed by atoms with Crippen molar-refractivity contribution < 1.29 is 18.3 Å². The maximum absolute atomic E-state index is 14.7. The van der Waals surface area contributed by atoms with Gasteiger partial charge in [0, 0.05) is 41.2 Å². The number of aromatic amines is 1. The zero-order valence-corrected chi connectivity index (χ0v) is 15.9. The normalized spacial score (nSPS) is 32.9. The second-order valence-corrected chi connectivity index (χ2v) is 9.44. The lowest BCUT2D eigenvalue weighted by Crippen LogP contribution is -2.51. The molecular formula is C19H20F2N4O2S. The van der Waals surface area contributed by atoms with Gasteiger partial charge < -0.3 is 15.0 Å². The van der Waals surface area contributed by atoms with Crippen LogP contribution in [0.2, 0.25) is 0 Å². The highest BCUT2D eigenvalue weighted by molar-refractivity contribution is 7.18. The average molecular weight is 406 g/mol. The molecule has 4 atom stereocenters. The highest BCUT2D eigenvalue weighted by atomic mass is 32.1. The van der Waals surface area contributed by atoms with E-state index in [1.807, 2.05) is 0 Å². The van der Waals surface area contributed by atoms with E-state index in [2.05, 4.69) is 15.5 Å². The summed E-state index contributed by atoms with van der Waals surface area (Å²) in [6.45, 7) is 0.809. The van der Waals surface area contributed by atoms with Crippen molar-refractivity contribution in [3.63, 3.8) is 0 Å². The van der Waals surface area contributed by atoms with Gasteiger partial charge in [-0.3, -0.25) is 9.89 Å². The maximum Gasteiger partial charge on any atom is 0.269 e. The third-order valence-corrected chi connectivity index (χ3v) is 7.89. The number of aromatic nitrogens is 2. The summed E-state index contributed by atoms with van der Waals surface area (Å²) in [6.07, 6.45) is 5.15. The summed E-state index contributed by atoms with van der Waals surface area (Å²) in [7, 11) is 0. The van der Waals surface area contributed by atoms with E-state index in [4.69, 9.17) is 4.74 Å². The Hall–Kier alpha value is -2.00. The molecule has 6 rings (SSSR count). The Balaban J connectivity index is 1.42. The molecule has 0 spiro atoms. The number of carbonyl (C=O) groups is 1. The van der Waals surface area contributed by atoms with Crippen molar-refractivity contribution in [2.75, 3.05) is 24.6 Å². The van der Waals surface area contributed by atoms with Gasteiger partial charge >= 0.3 is 0 Å². The fraction of sp³-hybridized carbons (Fsp3) is 0.579. The van der Waals surface area contributed by atoms with Crippen LogP contribution in [0.15, 0.2) is 12.4 Å². The van der Waals surface area contributed by atoms with E-state index in [0.29, 0.717) is 39.4 Å². The number of H-pyrrole nitrogens is 1. The van der Waals surface area contributed by atoms with Crippen molar-refractivity contribution in [1.82, 2.24) is 15.5 Å². The zero-order chi connectivity index (χ0) is 19.0. The highest BCUT2D eigenvalue weighted by Crippen LogP contribution is 2.50. The number of thiophene rings is 1. The molecule has 0 unspecified atom stereocenters. The van der Waals surface area contributed by atoms with Crippen molar-refractivity contribution in [3.8, 4) is 10.4 Å². The minimum absolute atomic E-state index is 0.120. The van der Waals surface area contributed by atoms with Gasteiger partial charge in [0.05, 0.1) is 31.1 Å². The van der Waals surface area contributed by atoms with E-state index >= 15 is 0 Å². The summed E-state index contributed by atoms with van der Waals surface area (Å²) >= 11 is 1.30. The molecule has 1 amide bonds. The third-order valence-electron chi connectivity index (χ3n) is 6.62. The molecule has 2 N–H and O–H groups in total. The number of nitrogens with zero attached hydrogens (tertiary/aromatic N) is 2. The van der Waals surface area contributed by atoms with Crippen molar-refractivity contribution in [2.24, 2.45) is 11.8 Å². The molecule has 1 aliphatic carbocycles. The van der Waals surface area contributed by atoms with Gasteiger partial charge in [0.1, 0.15) is 4.88 Å². The number of hydrogen-bond donors (Lipinski definition) is 2. The number of hydrogen-bond acceptors (Lipinski definition) is 5. The Bertz CT molecular complexity index is 944. The summed E-state index contributed by atoms with van der Waals surface area (Å²) in [5.41, 5.74) is 2.02. The number of alkyl halides is 2. The Morgan fingerprint density at radius 3 is 2.93 bits per heavy atom. The molecule has 0 radical (unpaired) electrons. The van der Waals surface area contributed by atoms with E-state index in [-0.39, 0.29) is 31.0 Å². The molecule has 9 heteroatoms. The van der Waals surface area contributed by atoms with Gasteiger partial charge in [-0.05, 0) is 24.7 Å². The van der Waals surface area contributed by atoms with E-state index in [0.717, 1.165) is 25.0 Å². The first-order valence-electron chi connectivity index (χ1n) is 9.68. The van der Waals surface area contributed by atoms with Crippen molar-refractivity contribution >= 4 is 22.9 Å². The van der Waals surface area contributed by atoms with E-state index in [9.17, 15) is 13.6 Å². The van der Waals surface area contributed by atoms with Crippen molar-refractivity contribution in [2.45, 2.75) is 37.3 Å².